The number of benzene rings is 2. The first kappa shape index (κ1) is 13.1. The van der Waals surface area contributed by atoms with E-state index < -0.39 is 0 Å². The van der Waals surface area contributed by atoms with Crippen molar-refractivity contribution in [1.29, 1.82) is 0 Å². The molecule has 0 spiro atoms. The minimum atomic E-state index is 0.444. The van der Waals surface area contributed by atoms with Crippen LogP contribution in [0.4, 0.5) is 5.69 Å². The first-order valence-corrected chi connectivity index (χ1v) is 6.34. The van der Waals surface area contributed by atoms with E-state index in [1.165, 1.54) is 0 Å². The van der Waals surface area contributed by atoms with E-state index in [2.05, 4.69) is 15.9 Å². The standard InChI is InChI=1S/C13H11BrClNO2/c1-17-11-3-2-4-12(13(11)16)18-10-6-5-8(14)7-9(10)15/h2-7H,16H2,1H3. The molecule has 0 unspecified atom stereocenters. The fraction of sp³-hybridized carbons (Fsp3) is 0.0769. The molecule has 94 valence electrons. The van der Waals surface area contributed by atoms with Crippen LogP contribution >= 0.6 is 27.5 Å². The molecule has 5 heteroatoms. The molecular weight excluding hydrogens is 318 g/mol. The van der Waals surface area contributed by atoms with Gasteiger partial charge >= 0.3 is 0 Å². The van der Waals surface area contributed by atoms with Crippen LogP contribution in [-0.4, -0.2) is 7.11 Å². The zero-order chi connectivity index (χ0) is 13.1. The molecule has 2 rings (SSSR count). The monoisotopic (exact) mass is 327 g/mol. The van der Waals surface area contributed by atoms with E-state index in [1.807, 2.05) is 6.07 Å². The molecule has 2 aromatic rings. The predicted molar refractivity (Wildman–Crippen MR) is 76.6 cm³/mol. The van der Waals surface area contributed by atoms with Crippen LogP contribution in [0.15, 0.2) is 40.9 Å². The Morgan fingerprint density at radius 1 is 1.11 bits per heavy atom. The summed E-state index contributed by atoms with van der Waals surface area (Å²) in [5.74, 6) is 1.62. The summed E-state index contributed by atoms with van der Waals surface area (Å²) in [6.45, 7) is 0. The molecule has 0 saturated heterocycles. The smallest absolute Gasteiger partial charge is 0.154 e. The van der Waals surface area contributed by atoms with Crippen molar-refractivity contribution in [2.75, 3.05) is 12.8 Å². The number of hydrogen-bond acceptors (Lipinski definition) is 3. The van der Waals surface area contributed by atoms with Gasteiger partial charge in [-0.2, -0.15) is 0 Å². The van der Waals surface area contributed by atoms with Crippen molar-refractivity contribution in [3.8, 4) is 17.2 Å². The highest BCUT2D eigenvalue weighted by Crippen LogP contribution is 2.37. The quantitative estimate of drug-likeness (QED) is 0.845. The van der Waals surface area contributed by atoms with Gasteiger partial charge in [-0.05, 0) is 30.3 Å². The molecule has 0 aromatic heterocycles. The van der Waals surface area contributed by atoms with E-state index in [-0.39, 0.29) is 0 Å². The van der Waals surface area contributed by atoms with E-state index in [0.29, 0.717) is 28.0 Å². The molecule has 0 amide bonds. The maximum Gasteiger partial charge on any atom is 0.154 e. The minimum absolute atomic E-state index is 0.444. The van der Waals surface area contributed by atoms with Gasteiger partial charge in [-0.15, -0.1) is 0 Å². The minimum Gasteiger partial charge on any atom is -0.494 e. The summed E-state index contributed by atoms with van der Waals surface area (Å²) in [6, 6.07) is 10.7. The molecule has 0 aliphatic carbocycles. The van der Waals surface area contributed by atoms with Crippen LogP contribution in [0.25, 0.3) is 0 Å². The van der Waals surface area contributed by atoms with Gasteiger partial charge in [0.15, 0.2) is 5.75 Å². The lowest BCUT2D eigenvalue weighted by molar-refractivity contribution is 0.412. The summed E-state index contributed by atoms with van der Waals surface area (Å²) in [5.41, 5.74) is 6.36. The zero-order valence-corrected chi connectivity index (χ0v) is 12.0. The molecule has 0 fully saturated rings. The molecule has 0 bridgehead atoms. The molecule has 2 aromatic carbocycles. The van der Waals surface area contributed by atoms with Gasteiger partial charge in [0.2, 0.25) is 0 Å². The van der Waals surface area contributed by atoms with Crippen LogP contribution in [0, 0.1) is 0 Å². The highest BCUT2D eigenvalue weighted by atomic mass is 79.9. The summed E-state index contributed by atoms with van der Waals surface area (Å²) in [4.78, 5) is 0. The molecule has 18 heavy (non-hydrogen) atoms. The van der Waals surface area contributed by atoms with Gasteiger partial charge in [0.1, 0.15) is 17.2 Å². The molecule has 0 radical (unpaired) electrons. The Balaban J connectivity index is 2.34. The van der Waals surface area contributed by atoms with Crippen molar-refractivity contribution >= 4 is 33.2 Å². The first-order chi connectivity index (χ1) is 8.61. The second kappa shape index (κ2) is 5.50. The van der Waals surface area contributed by atoms with Crippen LogP contribution in [0.1, 0.15) is 0 Å². The summed E-state index contributed by atoms with van der Waals surface area (Å²) in [7, 11) is 1.56. The van der Waals surface area contributed by atoms with E-state index >= 15 is 0 Å². The molecule has 0 heterocycles. The van der Waals surface area contributed by atoms with Gasteiger partial charge in [-0.1, -0.05) is 33.6 Å². The van der Waals surface area contributed by atoms with Gasteiger partial charge in [0.05, 0.1) is 12.1 Å². The zero-order valence-electron chi connectivity index (χ0n) is 9.61. The molecular formula is C13H11BrClNO2. The number of ether oxygens (including phenoxy) is 2. The van der Waals surface area contributed by atoms with E-state index in [0.717, 1.165) is 4.47 Å². The predicted octanol–water partition coefficient (Wildman–Crippen LogP) is 4.49. The topological polar surface area (TPSA) is 44.5 Å². The van der Waals surface area contributed by atoms with Crippen molar-refractivity contribution in [3.05, 3.63) is 45.9 Å². The normalized spacial score (nSPS) is 10.2. The molecule has 0 aliphatic rings. The van der Waals surface area contributed by atoms with Gasteiger partial charge in [0, 0.05) is 4.47 Å². The highest BCUT2D eigenvalue weighted by Gasteiger charge is 2.09. The number of anilines is 1. The molecule has 0 saturated carbocycles. The second-order valence-electron chi connectivity index (χ2n) is 3.55. The van der Waals surface area contributed by atoms with Gasteiger partial charge in [0.25, 0.3) is 0 Å². The van der Waals surface area contributed by atoms with Gasteiger partial charge < -0.3 is 15.2 Å². The third-order valence-electron chi connectivity index (χ3n) is 2.36. The van der Waals surface area contributed by atoms with Crippen LogP contribution in [0.5, 0.6) is 17.2 Å². The largest absolute Gasteiger partial charge is 0.494 e. The number of halogens is 2. The van der Waals surface area contributed by atoms with Crippen molar-refractivity contribution in [3.63, 3.8) is 0 Å². The van der Waals surface area contributed by atoms with Gasteiger partial charge in [-0.3, -0.25) is 0 Å². The summed E-state index contributed by atoms with van der Waals surface area (Å²) in [6.07, 6.45) is 0. The Kier molecular flexibility index (Phi) is 3.99. The molecule has 0 aliphatic heterocycles. The number of para-hydroxylation sites is 1. The van der Waals surface area contributed by atoms with Crippen molar-refractivity contribution in [2.45, 2.75) is 0 Å². The Morgan fingerprint density at radius 2 is 1.83 bits per heavy atom. The Morgan fingerprint density at radius 3 is 2.50 bits per heavy atom. The van der Waals surface area contributed by atoms with Crippen molar-refractivity contribution in [1.82, 2.24) is 0 Å². The maximum atomic E-state index is 6.08. The number of nitrogen functional groups attached to an aromatic ring is 1. The summed E-state index contributed by atoms with van der Waals surface area (Å²) < 4.78 is 11.7. The average Bonchev–Trinajstić information content (AvgIpc) is 2.35. The SMILES string of the molecule is COc1cccc(Oc2ccc(Br)cc2Cl)c1N. The Bertz CT molecular complexity index is 575. The van der Waals surface area contributed by atoms with E-state index in [9.17, 15) is 0 Å². The van der Waals surface area contributed by atoms with Gasteiger partial charge in [-0.25, -0.2) is 0 Å². The van der Waals surface area contributed by atoms with E-state index in [1.54, 1.807) is 37.4 Å². The summed E-state index contributed by atoms with van der Waals surface area (Å²) >= 11 is 9.41. The average molecular weight is 329 g/mol. The van der Waals surface area contributed by atoms with E-state index in [4.69, 9.17) is 26.8 Å². The number of rotatable bonds is 3. The number of methoxy groups -OCH3 is 1. The fourth-order valence-corrected chi connectivity index (χ4v) is 2.18. The lowest BCUT2D eigenvalue weighted by Crippen LogP contribution is -1.96. The van der Waals surface area contributed by atoms with Crippen LogP contribution in [-0.2, 0) is 0 Å². The summed E-state index contributed by atoms with van der Waals surface area (Å²) in [5, 5.41) is 0.506. The molecule has 2 N–H and O–H groups in total. The fourth-order valence-electron chi connectivity index (χ4n) is 1.47. The van der Waals surface area contributed by atoms with Crippen molar-refractivity contribution in [2.24, 2.45) is 0 Å². The van der Waals surface area contributed by atoms with Crippen LogP contribution < -0.4 is 15.2 Å². The van der Waals surface area contributed by atoms with Crippen LogP contribution in [0.2, 0.25) is 5.02 Å². The number of hydrogen-bond donors (Lipinski definition) is 1. The highest BCUT2D eigenvalue weighted by molar-refractivity contribution is 9.10. The number of nitrogens with two attached hydrogens (primary N) is 1. The third-order valence-corrected chi connectivity index (χ3v) is 3.15. The third kappa shape index (κ3) is 2.71. The Labute approximate surface area is 119 Å². The molecule has 0 atom stereocenters. The second-order valence-corrected chi connectivity index (χ2v) is 4.87. The van der Waals surface area contributed by atoms with Crippen LogP contribution in [0.3, 0.4) is 0 Å². The lowest BCUT2D eigenvalue weighted by atomic mass is 10.2. The lowest BCUT2D eigenvalue weighted by Gasteiger charge is -2.12. The first-order valence-electron chi connectivity index (χ1n) is 5.17. The van der Waals surface area contributed by atoms with Crippen molar-refractivity contribution < 1.29 is 9.47 Å². The maximum absolute atomic E-state index is 6.08. The molecule has 3 nitrogen and oxygen atoms in total. The Hall–Kier alpha value is -1.39.